The number of Topliss-reactive ketones (excluding diaryl/α,β-unsaturated/α-hetero) is 1. The predicted molar refractivity (Wildman–Crippen MR) is 145 cm³/mol. The molecule has 0 saturated carbocycles. The van der Waals surface area contributed by atoms with Gasteiger partial charge in [-0.2, -0.15) is 0 Å². The Morgan fingerprint density at radius 2 is 1.27 bits per heavy atom. The van der Waals surface area contributed by atoms with Crippen LogP contribution in [0.2, 0.25) is 0 Å². The van der Waals surface area contributed by atoms with Gasteiger partial charge >= 0.3 is 5.97 Å². The van der Waals surface area contributed by atoms with Gasteiger partial charge in [-0.1, -0.05) is 0 Å². The van der Waals surface area contributed by atoms with E-state index in [0.717, 1.165) is 12.0 Å². The molecule has 1 amide bonds. The van der Waals surface area contributed by atoms with Crippen molar-refractivity contribution in [2.75, 3.05) is 55.8 Å². The highest BCUT2D eigenvalue weighted by Gasteiger charge is 2.37. The molecular weight excluding hydrogens is 522 g/mol. The topological polar surface area (TPSA) is 119 Å². The summed E-state index contributed by atoms with van der Waals surface area (Å²) in [5.41, 5.74) is 0.999. The Bertz CT molecular complexity index is 1160. The monoisotopic (exact) mass is 559 g/mol. The molecule has 0 aromatic heterocycles. The zero-order chi connectivity index (χ0) is 29.2. The number of esters is 1. The summed E-state index contributed by atoms with van der Waals surface area (Å²) >= 11 is 0. The van der Waals surface area contributed by atoms with Crippen LogP contribution in [0.4, 0.5) is 0 Å². The molecule has 1 atom stereocenters. The number of carbonyl (C=O) groups is 3. The van der Waals surface area contributed by atoms with E-state index >= 15 is 0 Å². The lowest BCUT2D eigenvalue weighted by Gasteiger charge is -2.33. The number of hydrogen-bond donors (Lipinski definition) is 0. The Morgan fingerprint density at radius 1 is 0.750 bits per heavy atom. The molecule has 0 unspecified atom stereocenters. The summed E-state index contributed by atoms with van der Waals surface area (Å²) in [6.45, 7) is 0.426. The molecule has 11 nitrogen and oxygen atoms in total. The normalized spacial score (nSPS) is 14.7. The van der Waals surface area contributed by atoms with Crippen LogP contribution in [0.5, 0.6) is 34.5 Å². The Balaban J connectivity index is 1.66. The van der Waals surface area contributed by atoms with Crippen molar-refractivity contribution in [1.29, 1.82) is 0 Å². The van der Waals surface area contributed by atoms with Gasteiger partial charge in [0.05, 0.1) is 49.3 Å². The second-order valence-corrected chi connectivity index (χ2v) is 9.06. The lowest BCUT2D eigenvalue weighted by Crippen LogP contribution is -2.51. The zero-order valence-electron chi connectivity index (χ0n) is 23.9. The molecule has 2 aromatic rings. The van der Waals surface area contributed by atoms with E-state index in [1.165, 1.54) is 45.5 Å². The number of methoxy groups -OCH3 is 6. The van der Waals surface area contributed by atoms with Crippen molar-refractivity contribution in [2.24, 2.45) is 0 Å². The van der Waals surface area contributed by atoms with E-state index in [1.807, 2.05) is 12.1 Å². The summed E-state index contributed by atoms with van der Waals surface area (Å²) in [6, 6.07) is 5.69. The molecule has 1 aliphatic rings. The molecule has 1 aliphatic heterocycles. The first kappa shape index (κ1) is 30.4. The summed E-state index contributed by atoms with van der Waals surface area (Å²) < 4.78 is 37.6. The summed E-state index contributed by atoms with van der Waals surface area (Å²) in [4.78, 5) is 40.8. The molecule has 40 heavy (non-hydrogen) atoms. The molecule has 0 N–H and O–H groups in total. The number of nitrogens with zero attached hydrogens (tertiary/aromatic N) is 1. The zero-order valence-corrected chi connectivity index (χ0v) is 23.9. The van der Waals surface area contributed by atoms with Crippen molar-refractivity contribution in [3.63, 3.8) is 0 Å². The highest BCUT2D eigenvalue weighted by Crippen LogP contribution is 2.39. The van der Waals surface area contributed by atoms with Gasteiger partial charge in [-0.25, -0.2) is 4.79 Å². The minimum atomic E-state index is -0.839. The largest absolute Gasteiger partial charge is 0.493 e. The molecule has 0 aliphatic carbocycles. The third-order valence-electron chi connectivity index (χ3n) is 6.74. The molecule has 0 radical (unpaired) electrons. The van der Waals surface area contributed by atoms with Gasteiger partial charge < -0.3 is 38.1 Å². The number of aryl methyl sites for hydroxylation is 1. The summed E-state index contributed by atoms with van der Waals surface area (Å²) in [5, 5.41) is 0. The van der Waals surface area contributed by atoms with E-state index in [1.54, 1.807) is 14.2 Å². The number of piperidine rings is 1. The molecule has 11 heteroatoms. The Kier molecular flexibility index (Phi) is 10.9. The first-order chi connectivity index (χ1) is 19.3. The molecule has 3 rings (SSSR count). The van der Waals surface area contributed by atoms with Gasteiger partial charge in [-0.3, -0.25) is 9.59 Å². The molecular formula is C29H37NO10. The average molecular weight is 560 g/mol. The maximum atomic E-state index is 13.3. The van der Waals surface area contributed by atoms with Crippen molar-refractivity contribution in [3.8, 4) is 34.5 Å². The molecule has 0 bridgehead atoms. The molecule has 1 heterocycles. The van der Waals surface area contributed by atoms with Crippen LogP contribution in [0.1, 0.15) is 41.6 Å². The molecule has 1 saturated heterocycles. The van der Waals surface area contributed by atoms with E-state index in [4.69, 9.17) is 33.2 Å². The number of benzene rings is 2. The highest BCUT2D eigenvalue weighted by atomic mass is 16.5. The Morgan fingerprint density at radius 3 is 1.77 bits per heavy atom. The standard InChI is InChI=1S/C29H37NO10/c1-34-21-14-18(15-22(35-2)26(21)38-5)10-9-13-40-29(33)20-11-7-8-12-30(20)28(32)25(31)19-16-23(36-3)27(39-6)24(17-19)37-4/h14-17,20H,7-13H2,1-6H3/t20-/m0/s1. The lowest BCUT2D eigenvalue weighted by molar-refractivity contribution is -0.155. The lowest BCUT2D eigenvalue weighted by atomic mass is 10.00. The molecule has 1 fully saturated rings. The molecule has 0 spiro atoms. The van der Waals surface area contributed by atoms with Crippen molar-refractivity contribution in [3.05, 3.63) is 35.4 Å². The SMILES string of the molecule is COc1cc(CCCOC(=O)[C@@H]2CCCCN2C(=O)C(=O)c2cc(OC)c(OC)c(OC)c2)cc(OC)c1OC. The van der Waals surface area contributed by atoms with Crippen LogP contribution in [0.15, 0.2) is 24.3 Å². The minimum absolute atomic E-state index is 0.0718. The van der Waals surface area contributed by atoms with Crippen LogP contribution in [-0.2, 0) is 20.7 Å². The van der Waals surface area contributed by atoms with Crippen molar-refractivity contribution < 1.29 is 47.5 Å². The Labute approximate surface area is 234 Å². The number of rotatable bonds is 13. The van der Waals surface area contributed by atoms with Gasteiger partial charge in [0, 0.05) is 12.1 Å². The number of likely N-dealkylation sites (tertiary alicyclic amines) is 1. The van der Waals surface area contributed by atoms with E-state index in [-0.39, 0.29) is 30.2 Å². The second kappa shape index (κ2) is 14.3. The number of amides is 1. The van der Waals surface area contributed by atoms with Gasteiger partial charge in [0.1, 0.15) is 6.04 Å². The van der Waals surface area contributed by atoms with E-state index in [9.17, 15) is 14.4 Å². The van der Waals surface area contributed by atoms with Crippen LogP contribution in [0.3, 0.4) is 0 Å². The fourth-order valence-corrected chi connectivity index (χ4v) is 4.71. The van der Waals surface area contributed by atoms with Gasteiger partial charge in [-0.05, 0) is 61.9 Å². The molecule has 218 valence electrons. The fourth-order valence-electron chi connectivity index (χ4n) is 4.71. The molecule has 2 aromatic carbocycles. The van der Waals surface area contributed by atoms with Crippen LogP contribution in [-0.4, -0.2) is 84.4 Å². The summed E-state index contributed by atoms with van der Waals surface area (Å²) in [7, 11) is 8.93. The quantitative estimate of drug-likeness (QED) is 0.156. The third kappa shape index (κ3) is 6.70. The fraction of sp³-hybridized carbons (Fsp3) is 0.483. The average Bonchev–Trinajstić information content (AvgIpc) is 3.00. The van der Waals surface area contributed by atoms with Crippen molar-refractivity contribution >= 4 is 17.7 Å². The summed E-state index contributed by atoms with van der Waals surface area (Å²) in [5.74, 6) is 0.303. The smallest absolute Gasteiger partial charge is 0.328 e. The third-order valence-corrected chi connectivity index (χ3v) is 6.74. The van der Waals surface area contributed by atoms with E-state index in [0.29, 0.717) is 48.7 Å². The van der Waals surface area contributed by atoms with Gasteiger partial charge in [0.15, 0.2) is 23.0 Å². The first-order valence-corrected chi connectivity index (χ1v) is 12.9. The van der Waals surface area contributed by atoms with Gasteiger partial charge in [0.25, 0.3) is 11.7 Å². The number of carbonyl (C=O) groups excluding carboxylic acids is 3. The Hall–Kier alpha value is -4.15. The van der Waals surface area contributed by atoms with Crippen molar-refractivity contribution in [1.82, 2.24) is 4.90 Å². The maximum absolute atomic E-state index is 13.3. The number of hydrogen-bond acceptors (Lipinski definition) is 10. The van der Waals surface area contributed by atoms with E-state index in [2.05, 4.69) is 0 Å². The van der Waals surface area contributed by atoms with Crippen LogP contribution < -0.4 is 28.4 Å². The second-order valence-electron chi connectivity index (χ2n) is 9.06. The van der Waals surface area contributed by atoms with Crippen LogP contribution in [0.25, 0.3) is 0 Å². The maximum Gasteiger partial charge on any atom is 0.328 e. The number of ether oxygens (including phenoxy) is 7. The van der Waals surface area contributed by atoms with Crippen LogP contribution >= 0.6 is 0 Å². The first-order valence-electron chi connectivity index (χ1n) is 12.9. The highest BCUT2D eigenvalue weighted by molar-refractivity contribution is 6.43. The van der Waals surface area contributed by atoms with E-state index < -0.39 is 23.7 Å². The summed E-state index contributed by atoms with van der Waals surface area (Å²) in [6.07, 6.45) is 2.97. The van der Waals surface area contributed by atoms with Gasteiger partial charge in [0.2, 0.25) is 11.5 Å². The predicted octanol–water partition coefficient (Wildman–Crippen LogP) is 3.48. The van der Waals surface area contributed by atoms with Crippen molar-refractivity contribution in [2.45, 2.75) is 38.1 Å². The number of ketones is 1. The minimum Gasteiger partial charge on any atom is -0.493 e. The van der Waals surface area contributed by atoms with Gasteiger partial charge in [-0.15, -0.1) is 0 Å². The van der Waals surface area contributed by atoms with Crippen LogP contribution in [0, 0.1) is 0 Å².